The average molecular weight is 292 g/mol. The molecule has 1 heterocycles. The molecule has 1 atom stereocenters. The van der Waals surface area contributed by atoms with Gasteiger partial charge in [-0.15, -0.1) is 0 Å². The van der Waals surface area contributed by atoms with Crippen molar-refractivity contribution in [2.24, 2.45) is 0 Å². The zero-order valence-corrected chi connectivity index (χ0v) is 12.9. The third kappa shape index (κ3) is 3.88. The molecular weight excluding hydrogens is 268 g/mol. The van der Waals surface area contributed by atoms with Gasteiger partial charge in [0.05, 0.1) is 7.11 Å². The lowest BCUT2D eigenvalue weighted by Crippen LogP contribution is -2.44. The van der Waals surface area contributed by atoms with Crippen molar-refractivity contribution in [2.75, 3.05) is 20.2 Å². The van der Waals surface area contributed by atoms with E-state index < -0.39 is 0 Å². The minimum Gasteiger partial charge on any atom is -0.508 e. The third-order valence-electron chi connectivity index (χ3n) is 4.13. The van der Waals surface area contributed by atoms with Gasteiger partial charge < -0.3 is 20.1 Å². The van der Waals surface area contributed by atoms with Gasteiger partial charge in [-0.05, 0) is 38.0 Å². The van der Waals surface area contributed by atoms with E-state index in [2.05, 4.69) is 5.32 Å². The number of likely N-dealkylation sites (tertiary alicyclic amines) is 1. The second-order valence-corrected chi connectivity index (χ2v) is 5.59. The van der Waals surface area contributed by atoms with Gasteiger partial charge in [0.1, 0.15) is 11.5 Å². The standard InChI is InChI=1S/C16H24N2O3/c1-11(15-10-14(21-3)4-5-16(15)20)17-13-6-8-18(9-7-13)12(2)19/h4-5,10-11,13,17,20H,6-9H2,1-3H3. The van der Waals surface area contributed by atoms with Crippen LogP contribution in [0, 0.1) is 0 Å². The summed E-state index contributed by atoms with van der Waals surface area (Å²) in [5.41, 5.74) is 0.836. The Morgan fingerprint density at radius 2 is 2.10 bits per heavy atom. The zero-order valence-electron chi connectivity index (χ0n) is 12.9. The number of rotatable bonds is 4. The van der Waals surface area contributed by atoms with Gasteiger partial charge in [0, 0.05) is 37.7 Å². The number of nitrogens with zero attached hydrogens (tertiary/aromatic N) is 1. The highest BCUT2D eigenvalue weighted by molar-refractivity contribution is 5.73. The van der Waals surface area contributed by atoms with Gasteiger partial charge in [-0.2, -0.15) is 0 Å². The molecule has 1 aliphatic heterocycles. The summed E-state index contributed by atoms with van der Waals surface area (Å²) in [7, 11) is 1.62. The van der Waals surface area contributed by atoms with Crippen molar-refractivity contribution in [1.82, 2.24) is 10.2 Å². The van der Waals surface area contributed by atoms with Crippen LogP contribution < -0.4 is 10.1 Å². The van der Waals surface area contributed by atoms with E-state index in [1.165, 1.54) is 0 Å². The van der Waals surface area contributed by atoms with E-state index in [1.807, 2.05) is 17.9 Å². The first kappa shape index (κ1) is 15.6. The maximum Gasteiger partial charge on any atom is 0.219 e. The summed E-state index contributed by atoms with van der Waals surface area (Å²) in [5.74, 6) is 1.16. The number of aromatic hydroxyl groups is 1. The van der Waals surface area contributed by atoms with Crippen LogP contribution in [0.25, 0.3) is 0 Å². The molecule has 0 aromatic heterocycles. The first-order valence-electron chi connectivity index (χ1n) is 7.39. The molecule has 1 saturated heterocycles. The molecule has 2 rings (SSSR count). The number of benzene rings is 1. The Morgan fingerprint density at radius 3 is 2.67 bits per heavy atom. The lowest BCUT2D eigenvalue weighted by Gasteiger charge is -2.33. The molecule has 2 N–H and O–H groups in total. The summed E-state index contributed by atoms with van der Waals surface area (Å²) in [6, 6.07) is 5.66. The first-order valence-corrected chi connectivity index (χ1v) is 7.39. The second kappa shape index (κ2) is 6.80. The lowest BCUT2D eigenvalue weighted by atomic mass is 10.0. The largest absolute Gasteiger partial charge is 0.508 e. The number of phenolic OH excluding ortho intramolecular Hbond substituents is 1. The van der Waals surface area contributed by atoms with E-state index in [-0.39, 0.29) is 17.7 Å². The molecule has 5 nitrogen and oxygen atoms in total. The predicted octanol–water partition coefficient (Wildman–Crippen LogP) is 2.06. The van der Waals surface area contributed by atoms with E-state index in [0.717, 1.165) is 37.2 Å². The molecular formula is C16H24N2O3. The summed E-state index contributed by atoms with van der Waals surface area (Å²) >= 11 is 0. The van der Waals surface area contributed by atoms with Crippen molar-refractivity contribution in [2.45, 2.75) is 38.8 Å². The fraction of sp³-hybridized carbons (Fsp3) is 0.562. The Morgan fingerprint density at radius 1 is 1.43 bits per heavy atom. The number of nitrogens with one attached hydrogen (secondary N) is 1. The number of amides is 1. The first-order chi connectivity index (χ1) is 10.0. The summed E-state index contributed by atoms with van der Waals surface area (Å²) in [6.45, 7) is 5.24. The fourth-order valence-electron chi connectivity index (χ4n) is 2.81. The summed E-state index contributed by atoms with van der Waals surface area (Å²) in [4.78, 5) is 13.2. The number of hydrogen-bond acceptors (Lipinski definition) is 4. The average Bonchev–Trinajstić information content (AvgIpc) is 2.48. The zero-order chi connectivity index (χ0) is 15.4. The van der Waals surface area contributed by atoms with Gasteiger partial charge in [-0.25, -0.2) is 0 Å². The van der Waals surface area contributed by atoms with Crippen molar-refractivity contribution < 1.29 is 14.6 Å². The third-order valence-corrected chi connectivity index (χ3v) is 4.13. The topological polar surface area (TPSA) is 61.8 Å². The highest BCUT2D eigenvalue weighted by Crippen LogP contribution is 2.29. The van der Waals surface area contributed by atoms with Crippen LogP contribution in [-0.2, 0) is 4.79 Å². The van der Waals surface area contributed by atoms with Crippen LogP contribution in [0.3, 0.4) is 0 Å². The number of hydrogen-bond donors (Lipinski definition) is 2. The molecule has 1 aromatic rings. The van der Waals surface area contributed by atoms with E-state index in [9.17, 15) is 9.90 Å². The second-order valence-electron chi connectivity index (χ2n) is 5.59. The molecule has 5 heteroatoms. The Bertz CT molecular complexity index is 496. The molecule has 116 valence electrons. The Balaban J connectivity index is 1.96. The van der Waals surface area contributed by atoms with E-state index in [4.69, 9.17) is 4.74 Å². The molecule has 1 aromatic carbocycles. The molecule has 0 saturated carbocycles. The molecule has 1 amide bonds. The predicted molar refractivity (Wildman–Crippen MR) is 81.5 cm³/mol. The quantitative estimate of drug-likeness (QED) is 0.892. The minimum atomic E-state index is 0.0361. The number of piperidine rings is 1. The van der Waals surface area contributed by atoms with Crippen LogP contribution in [0.2, 0.25) is 0 Å². The minimum absolute atomic E-state index is 0.0361. The molecule has 0 bridgehead atoms. The Hall–Kier alpha value is -1.75. The molecule has 0 aliphatic carbocycles. The molecule has 0 radical (unpaired) electrons. The van der Waals surface area contributed by atoms with Gasteiger partial charge in [0.15, 0.2) is 0 Å². The van der Waals surface area contributed by atoms with E-state index >= 15 is 0 Å². The van der Waals surface area contributed by atoms with Gasteiger partial charge in [0.25, 0.3) is 0 Å². The molecule has 21 heavy (non-hydrogen) atoms. The van der Waals surface area contributed by atoms with Crippen LogP contribution in [0.5, 0.6) is 11.5 Å². The molecule has 1 fully saturated rings. The maximum atomic E-state index is 11.3. The van der Waals surface area contributed by atoms with Crippen molar-refractivity contribution in [3.05, 3.63) is 23.8 Å². The van der Waals surface area contributed by atoms with Gasteiger partial charge >= 0.3 is 0 Å². The van der Waals surface area contributed by atoms with E-state index in [0.29, 0.717) is 6.04 Å². The number of phenols is 1. The van der Waals surface area contributed by atoms with Crippen LogP contribution in [-0.4, -0.2) is 42.2 Å². The van der Waals surface area contributed by atoms with Crippen LogP contribution in [0.1, 0.15) is 38.3 Å². The highest BCUT2D eigenvalue weighted by Gasteiger charge is 2.23. The monoisotopic (exact) mass is 292 g/mol. The van der Waals surface area contributed by atoms with Crippen LogP contribution in [0.15, 0.2) is 18.2 Å². The van der Waals surface area contributed by atoms with Crippen molar-refractivity contribution >= 4 is 5.91 Å². The summed E-state index contributed by atoms with van der Waals surface area (Å²) < 4.78 is 5.21. The number of carbonyl (C=O) groups is 1. The number of ether oxygens (including phenoxy) is 1. The number of methoxy groups -OCH3 is 1. The fourth-order valence-corrected chi connectivity index (χ4v) is 2.81. The van der Waals surface area contributed by atoms with E-state index in [1.54, 1.807) is 26.2 Å². The summed E-state index contributed by atoms with van der Waals surface area (Å²) in [5, 5.41) is 13.5. The molecule has 0 spiro atoms. The van der Waals surface area contributed by atoms with Gasteiger partial charge in [-0.1, -0.05) is 0 Å². The normalized spacial score (nSPS) is 17.6. The van der Waals surface area contributed by atoms with Crippen molar-refractivity contribution in [3.8, 4) is 11.5 Å². The SMILES string of the molecule is COc1ccc(O)c(C(C)NC2CCN(C(C)=O)CC2)c1. The lowest BCUT2D eigenvalue weighted by molar-refractivity contribution is -0.129. The Kier molecular flexibility index (Phi) is 5.07. The van der Waals surface area contributed by atoms with Crippen molar-refractivity contribution in [3.63, 3.8) is 0 Å². The molecule has 1 unspecified atom stereocenters. The Labute approximate surface area is 125 Å². The maximum absolute atomic E-state index is 11.3. The highest BCUT2D eigenvalue weighted by atomic mass is 16.5. The van der Waals surface area contributed by atoms with Gasteiger partial charge in [0.2, 0.25) is 5.91 Å². The summed E-state index contributed by atoms with van der Waals surface area (Å²) in [6.07, 6.45) is 1.88. The van der Waals surface area contributed by atoms with Crippen LogP contribution in [0.4, 0.5) is 0 Å². The number of carbonyl (C=O) groups excluding carboxylic acids is 1. The van der Waals surface area contributed by atoms with Gasteiger partial charge in [-0.3, -0.25) is 4.79 Å². The van der Waals surface area contributed by atoms with Crippen molar-refractivity contribution in [1.29, 1.82) is 0 Å². The smallest absolute Gasteiger partial charge is 0.219 e. The van der Waals surface area contributed by atoms with Crippen LogP contribution >= 0.6 is 0 Å². The molecule has 1 aliphatic rings.